The summed E-state index contributed by atoms with van der Waals surface area (Å²) < 4.78 is 0. The molecule has 5 nitrogen and oxygen atoms in total. The highest BCUT2D eigenvalue weighted by molar-refractivity contribution is 5.57. The summed E-state index contributed by atoms with van der Waals surface area (Å²) in [5.74, 6) is 0.699. The van der Waals surface area contributed by atoms with Gasteiger partial charge in [0.05, 0.1) is 0 Å². The molecule has 0 aliphatic heterocycles. The number of hydrogen-bond donors (Lipinski definition) is 2. The minimum Gasteiger partial charge on any atom is -0.368 e. The summed E-state index contributed by atoms with van der Waals surface area (Å²) in [6.45, 7) is 0. The molecule has 0 bridgehead atoms. The van der Waals surface area contributed by atoms with E-state index in [0.29, 0.717) is 5.82 Å². The average molecular weight is 353 g/mol. The largest absolute Gasteiger partial charge is 0.368 e. The van der Waals surface area contributed by atoms with Gasteiger partial charge in [0.25, 0.3) is 0 Å². The fourth-order valence-electron chi connectivity index (χ4n) is 3.53. The molecule has 0 aliphatic carbocycles. The third-order valence-corrected chi connectivity index (χ3v) is 4.63. The van der Waals surface area contributed by atoms with Crippen molar-refractivity contribution in [1.29, 1.82) is 0 Å². The monoisotopic (exact) mass is 353 g/mol. The number of hydrogen-bond acceptors (Lipinski definition) is 5. The van der Waals surface area contributed by atoms with Crippen molar-refractivity contribution in [3.05, 3.63) is 114 Å². The van der Waals surface area contributed by atoms with Crippen LogP contribution in [0.5, 0.6) is 0 Å². The van der Waals surface area contributed by atoms with Crippen LogP contribution in [0, 0.1) is 0 Å². The van der Waals surface area contributed by atoms with Gasteiger partial charge in [-0.05, 0) is 16.7 Å². The summed E-state index contributed by atoms with van der Waals surface area (Å²) in [6.07, 6.45) is 0. The molecular formula is C22H19N5. The molecule has 0 saturated carbocycles. The number of benzene rings is 3. The van der Waals surface area contributed by atoms with Gasteiger partial charge in [-0.1, -0.05) is 91.0 Å². The molecule has 0 spiro atoms. The lowest BCUT2D eigenvalue weighted by molar-refractivity contribution is 0.677. The van der Waals surface area contributed by atoms with Gasteiger partial charge < -0.3 is 11.5 Å². The fourth-order valence-corrected chi connectivity index (χ4v) is 3.53. The Labute approximate surface area is 157 Å². The highest BCUT2D eigenvalue weighted by atomic mass is 15.1. The Morgan fingerprint density at radius 3 is 1.15 bits per heavy atom. The number of nitrogens with two attached hydrogens (primary N) is 2. The molecule has 4 N–H and O–H groups in total. The minimum absolute atomic E-state index is 0.102. The number of rotatable bonds is 4. The minimum atomic E-state index is -0.769. The Hall–Kier alpha value is -3.73. The van der Waals surface area contributed by atoms with Crippen LogP contribution in [0.4, 0.5) is 11.9 Å². The van der Waals surface area contributed by atoms with Gasteiger partial charge in [-0.25, -0.2) is 0 Å². The number of anilines is 2. The molecular weight excluding hydrogens is 334 g/mol. The van der Waals surface area contributed by atoms with E-state index in [2.05, 4.69) is 51.4 Å². The molecule has 1 aromatic heterocycles. The first-order valence-corrected chi connectivity index (χ1v) is 8.65. The molecule has 4 aromatic rings. The zero-order valence-electron chi connectivity index (χ0n) is 14.7. The van der Waals surface area contributed by atoms with E-state index in [9.17, 15) is 0 Å². The van der Waals surface area contributed by atoms with Gasteiger partial charge in [-0.2, -0.15) is 15.0 Å². The first-order chi connectivity index (χ1) is 13.2. The van der Waals surface area contributed by atoms with Crippen LogP contribution >= 0.6 is 0 Å². The number of nitrogens with zero attached hydrogens (tertiary/aromatic N) is 3. The molecule has 0 fully saturated rings. The van der Waals surface area contributed by atoms with Crippen LogP contribution in [0.2, 0.25) is 0 Å². The van der Waals surface area contributed by atoms with Crippen LogP contribution in [-0.4, -0.2) is 15.0 Å². The van der Waals surface area contributed by atoms with Crippen LogP contribution in [0.3, 0.4) is 0 Å². The van der Waals surface area contributed by atoms with Gasteiger partial charge in [-0.15, -0.1) is 0 Å². The van der Waals surface area contributed by atoms with Crippen molar-refractivity contribution >= 4 is 11.9 Å². The predicted molar refractivity (Wildman–Crippen MR) is 107 cm³/mol. The smallest absolute Gasteiger partial charge is 0.225 e. The molecule has 132 valence electrons. The molecule has 27 heavy (non-hydrogen) atoms. The molecule has 1 heterocycles. The zero-order chi connectivity index (χ0) is 18.7. The normalized spacial score (nSPS) is 11.3. The maximum atomic E-state index is 5.95. The maximum absolute atomic E-state index is 5.95. The van der Waals surface area contributed by atoms with Gasteiger partial charge in [-0.3, -0.25) is 0 Å². The molecule has 4 rings (SSSR count). The lowest BCUT2D eigenvalue weighted by Gasteiger charge is -2.34. The van der Waals surface area contributed by atoms with Crippen molar-refractivity contribution in [2.45, 2.75) is 5.41 Å². The van der Waals surface area contributed by atoms with Crippen LogP contribution in [0.1, 0.15) is 22.5 Å². The summed E-state index contributed by atoms with van der Waals surface area (Å²) in [4.78, 5) is 13.0. The topological polar surface area (TPSA) is 90.7 Å². The van der Waals surface area contributed by atoms with Crippen molar-refractivity contribution in [3.8, 4) is 0 Å². The van der Waals surface area contributed by atoms with E-state index in [0.717, 1.165) is 16.7 Å². The van der Waals surface area contributed by atoms with E-state index in [1.54, 1.807) is 0 Å². The molecule has 0 unspecified atom stereocenters. The van der Waals surface area contributed by atoms with Crippen molar-refractivity contribution < 1.29 is 0 Å². The predicted octanol–water partition coefficient (Wildman–Crippen LogP) is 3.42. The number of nitrogen functional groups attached to an aromatic ring is 2. The first-order valence-electron chi connectivity index (χ1n) is 8.65. The van der Waals surface area contributed by atoms with Crippen LogP contribution < -0.4 is 11.5 Å². The molecule has 0 amide bonds. The Balaban J connectivity index is 2.16. The molecule has 0 saturated heterocycles. The van der Waals surface area contributed by atoms with E-state index in [4.69, 9.17) is 11.5 Å². The highest BCUT2D eigenvalue weighted by Gasteiger charge is 2.41. The Morgan fingerprint density at radius 2 is 0.815 bits per heavy atom. The van der Waals surface area contributed by atoms with Crippen LogP contribution in [-0.2, 0) is 5.41 Å². The lowest BCUT2D eigenvalue weighted by Crippen LogP contribution is -2.34. The van der Waals surface area contributed by atoms with E-state index in [1.807, 2.05) is 54.6 Å². The van der Waals surface area contributed by atoms with E-state index >= 15 is 0 Å². The maximum Gasteiger partial charge on any atom is 0.225 e. The summed E-state index contributed by atoms with van der Waals surface area (Å²) >= 11 is 0. The van der Waals surface area contributed by atoms with Gasteiger partial charge in [0.1, 0.15) is 5.41 Å². The van der Waals surface area contributed by atoms with Gasteiger partial charge >= 0.3 is 0 Å². The van der Waals surface area contributed by atoms with E-state index in [1.165, 1.54) is 0 Å². The first kappa shape index (κ1) is 16.7. The molecule has 0 atom stereocenters. The van der Waals surface area contributed by atoms with Crippen molar-refractivity contribution in [1.82, 2.24) is 15.0 Å². The molecule has 3 aromatic carbocycles. The van der Waals surface area contributed by atoms with Crippen LogP contribution in [0.25, 0.3) is 0 Å². The Bertz CT molecular complexity index is 917. The number of aromatic nitrogens is 3. The van der Waals surface area contributed by atoms with Gasteiger partial charge in [0.2, 0.25) is 11.9 Å². The Kier molecular flexibility index (Phi) is 4.26. The average Bonchev–Trinajstić information content (AvgIpc) is 2.70. The third-order valence-electron chi connectivity index (χ3n) is 4.63. The fraction of sp³-hybridized carbons (Fsp3) is 0.0455. The van der Waals surface area contributed by atoms with Crippen LogP contribution in [0.15, 0.2) is 91.0 Å². The van der Waals surface area contributed by atoms with Gasteiger partial charge in [0.15, 0.2) is 5.82 Å². The molecule has 5 heteroatoms. The lowest BCUT2D eigenvalue weighted by atomic mass is 9.68. The summed E-state index contributed by atoms with van der Waals surface area (Å²) in [7, 11) is 0. The van der Waals surface area contributed by atoms with Crippen molar-refractivity contribution in [2.75, 3.05) is 11.5 Å². The summed E-state index contributed by atoms with van der Waals surface area (Å²) in [5, 5.41) is 0. The second-order valence-corrected chi connectivity index (χ2v) is 6.22. The van der Waals surface area contributed by atoms with Crippen molar-refractivity contribution in [2.24, 2.45) is 0 Å². The molecule has 0 radical (unpaired) electrons. The quantitative estimate of drug-likeness (QED) is 0.549. The van der Waals surface area contributed by atoms with E-state index in [-0.39, 0.29) is 11.9 Å². The van der Waals surface area contributed by atoms with Crippen molar-refractivity contribution in [3.63, 3.8) is 0 Å². The standard InChI is InChI=1S/C22H19N5/c23-20-25-19(26-21(24)27-20)22(16-10-4-1-5-11-16,17-12-6-2-7-13-17)18-14-8-3-9-15-18/h1-15H,(H4,23,24,25,26,27). The second kappa shape index (κ2) is 6.88. The van der Waals surface area contributed by atoms with E-state index < -0.39 is 5.41 Å². The zero-order valence-corrected chi connectivity index (χ0v) is 14.7. The molecule has 0 aliphatic rings. The van der Waals surface area contributed by atoms with Gasteiger partial charge in [0, 0.05) is 0 Å². The second-order valence-electron chi connectivity index (χ2n) is 6.22. The SMILES string of the molecule is Nc1nc(N)nc(C(c2ccccc2)(c2ccccc2)c2ccccc2)n1. The highest BCUT2D eigenvalue weighted by Crippen LogP contribution is 2.43. The summed E-state index contributed by atoms with van der Waals surface area (Å²) in [5.41, 5.74) is 14.2. The Morgan fingerprint density at radius 1 is 0.481 bits per heavy atom. The third kappa shape index (κ3) is 2.89. The summed E-state index contributed by atoms with van der Waals surface area (Å²) in [6, 6.07) is 30.4.